The Kier molecular flexibility index (Phi) is 8.96. The van der Waals surface area contributed by atoms with Crippen molar-refractivity contribution in [2.75, 3.05) is 0 Å². The van der Waals surface area contributed by atoms with E-state index < -0.39 is 43.0 Å². The van der Waals surface area contributed by atoms with E-state index in [1.54, 1.807) is 30.3 Å². The maximum absolute atomic E-state index is 12.1. The molecule has 1 aromatic rings. The molecule has 0 saturated carbocycles. The standard InChI is InChI=1S/C16H23BN4O6/c18-11(6-8-13(20)22)15(24)26-17(10-4-2-1-3-5-10)27-16(25)12(19)7-9-14(21)23/h1-5,11-12H,6-9,18-19H2,(H2,20,22)(H2,21,23)/t11-,12-/m0/s1. The molecule has 1 aromatic carbocycles. The van der Waals surface area contributed by atoms with Crippen LogP contribution in [0.4, 0.5) is 0 Å². The van der Waals surface area contributed by atoms with Gasteiger partial charge in [-0.25, -0.2) is 0 Å². The third-order valence-electron chi connectivity index (χ3n) is 3.53. The summed E-state index contributed by atoms with van der Waals surface area (Å²) in [5.41, 5.74) is 21.7. The van der Waals surface area contributed by atoms with Crippen LogP contribution in [-0.4, -0.2) is 43.0 Å². The monoisotopic (exact) mass is 378 g/mol. The summed E-state index contributed by atoms with van der Waals surface area (Å²) in [7, 11) is -1.38. The number of primary amides is 2. The van der Waals surface area contributed by atoms with Gasteiger partial charge in [-0.05, 0) is 12.8 Å². The van der Waals surface area contributed by atoms with Crippen LogP contribution in [0.15, 0.2) is 30.3 Å². The Hall–Kier alpha value is -2.92. The Bertz CT molecular complexity index is 634. The van der Waals surface area contributed by atoms with Gasteiger partial charge in [0.15, 0.2) is 0 Å². The van der Waals surface area contributed by atoms with Crippen LogP contribution in [-0.2, 0) is 28.5 Å². The second-order valence-electron chi connectivity index (χ2n) is 5.84. The Morgan fingerprint density at radius 1 is 0.815 bits per heavy atom. The van der Waals surface area contributed by atoms with Gasteiger partial charge in [0, 0.05) is 18.3 Å². The second kappa shape index (κ2) is 10.9. The predicted molar refractivity (Wildman–Crippen MR) is 96.8 cm³/mol. The van der Waals surface area contributed by atoms with Gasteiger partial charge in [0.05, 0.1) is 0 Å². The van der Waals surface area contributed by atoms with Crippen LogP contribution in [0.5, 0.6) is 0 Å². The van der Waals surface area contributed by atoms with Gasteiger partial charge < -0.3 is 32.2 Å². The van der Waals surface area contributed by atoms with Crippen molar-refractivity contribution in [1.29, 1.82) is 0 Å². The Morgan fingerprint density at radius 2 is 1.22 bits per heavy atom. The maximum atomic E-state index is 12.1. The fourth-order valence-corrected chi connectivity index (χ4v) is 1.99. The highest BCUT2D eigenvalue weighted by Gasteiger charge is 2.34. The van der Waals surface area contributed by atoms with E-state index in [0.29, 0.717) is 5.46 Å². The van der Waals surface area contributed by atoms with Crippen LogP contribution >= 0.6 is 0 Å². The van der Waals surface area contributed by atoms with E-state index in [1.807, 2.05) is 0 Å². The highest BCUT2D eigenvalue weighted by Crippen LogP contribution is 2.04. The first kappa shape index (κ1) is 22.1. The van der Waals surface area contributed by atoms with Crippen molar-refractivity contribution in [2.45, 2.75) is 37.8 Å². The van der Waals surface area contributed by atoms with Gasteiger partial charge in [0.1, 0.15) is 12.1 Å². The average Bonchev–Trinajstić information content (AvgIpc) is 2.63. The minimum absolute atomic E-state index is 0.0122. The van der Waals surface area contributed by atoms with Crippen molar-refractivity contribution in [3.05, 3.63) is 30.3 Å². The molecule has 27 heavy (non-hydrogen) atoms. The van der Waals surface area contributed by atoms with Crippen molar-refractivity contribution in [1.82, 2.24) is 0 Å². The summed E-state index contributed by atoms with van der Waals surface area (Å²) in [4.78, 5) is 45.8. The smallest absolute Gasteiger partial charge is 0.494 e. The fourth-order valence-electron chi connectivity index (χ4n) is 1.99. The largest absolute Gasteiger partial charge is 0.636 e. The molecular weight excluding hydrogens is 355 g/mol. The first-order valence-electron chi connectivity index (χ1n) is 8.24. The molecule has 146 valence electrons. The van der Waals surface area contributed by atoms with Crippen LogP contribution in [0.25, 0.3) is 0 Å². The normalized spacial score (nSPS) is 12.5. The number of benzene rings is 1. The molecule has 0 radical (unpaired) electrons. The van der Waals surface area contributed by atoms with Crippen molar-refractivity contribution in [2.24, 2.45) is 22.9 Å². The number of hydrogen-bond donors (Lipinski definition) is 4. The zero-order valence-electron chi connectivity index (χ0n) is 14.7. The first-order chi connectivity index (χ1) is 12.7. The average molecular weight is 378 g/mol. The van der Waals surface area contributed by atoms with E-state index in [1.165, 1.54) is 0 Å². The predicted octanol–water partition coefficient (Wildman–Crippen LogP) is -2.35. The number of hydrogen-bond acceptors (Lipinski definition) is 8. The summed E-state index contributed by atoms with van der Waals surface area (Å²) in [6.07, 6.45) is -0.211. The molecule has 0 saturated heterocycles. The third-order valence-corrected chi connectivity index (χ3v) is 3.53. The van der Waals surface area contributed by atoms with E-state index in [4.69, 9.17) is 32.2 Å². The molecular formula is C16H23BN4O6. The maximum Gasteiger partial charge on any atom is 0.636 e. The highest BCUT2D eigenvalue weighted by molar-refractivity contribution is 6.64. The molecule has 0 aliphatic carbocycles. The lowest BCUT2D eigenvalue weighted by Crippen LogP contribution is -2.47. The first-order valence-corrected chi connectivity index (χ1v) is 8.24. The van der Waals surface area contributed by atoms with Gasteiger partial charge >= 0.3 is 19.1 Å². The van der Waals surface area contributed by atoms with E-state index in [0.717, 1.165) is 0 Å². The number of rotatable bonds is 11. The van der Waals surface area contributed by atoms with Gasteiger partial charge in [-0.15, -0.1) is 0 Å². The number of carbonyl (C=O) groups excluding carboxylic acids is 4. The lowest BCUT2D eigenvalue weighted by molar-refractivity contribution is -0.141. The van der Waals surface area contributed by atoms with Crippen molar-refractivity contribution < 1.29 is 28.5 Å². The number of nitrogens with two attached hydrogens (primary N) is 4. The topological polar surface area (TPSA) is 191 Å². The van der Waals surface area contributed by atoms with Gasteiger partial charge in [-0.3, -0.25) is 19.2 Å². The Morgan fingerprint density at radius 3 is 1.59 bits per heavy atom. The van der Waals surface area contributed by atoms with E-state index in [2.05, 4.69) is 0 Å². The Balaban J connectivity index is 2.79. The number of amides is 2. The van der Waals surface area contributed by atoms with E-state index in [-0.39, 0.29) is 25.7 Å². The third kappa shape index (κ3) is 8.34. The highest BCUT2D eigenvalue weighted by atomic mass is 16.6. The minimum atomic E-state index is -1.38. The summed E-state index contributed by atoms with van der Waals surface area (Å²) in [5.74, 6) is -2.96. The molecule has 0 spiro atoms. The minimum Gasteiger partial charge on any atom is -0.494 e. The molecule has 0 unspecified atom stereocenters. The summed E-state index contributed by atoms with van der Waals surface area (Å²) in [5, 5.41) is 0. The number of carbonyl (C=O) groups is 4. The van der Waals surface area contributed by atoms with Crippen molar-refractivity contribution in [3.8, 4) is 0 Å². The molecule has 2 amide bonds. The Labute approximate surface area is 156 Å². The molecule has 10 nitrogen and oxygen atoms in total. The molecule has 0 bridgehead atoms. The zero-order chi connectivity index (χ0) is 20.4. The lowest BCUT2D eigenvalue weighted by atomic mass is 9.78. The van der Waals surface area contributed by atoms with Crippen molar-refractivity contribution in [3.63, 3.8) is 0 Å². The molecule has 0 fully saturated rings. The van der Waals surface area contributed by atoms with Crippen LogP contribution in [0.2, 0.25) is 0 Å². The molecule has 2 atom stereocenters. The molecule has 0 heterocycles. The van der Waals surface area contributed by atoms with Gasteiger partial charge in [-0.1, -0.05) is 30.3 Å². The second-order valence-corrected chi connectivity index (χ2v) is 5.84. The van der Waals surface area contributed by atoms with E-state index in [9.17, 15) is 19.2 Å². The summed E-state index contributed by atoms with van der Waals surface area (Å²) in [6, 6.07) is 5.96. The van der Waals surface area contributed by atoms with Gasteiger partial charge in [-0.2, -0.15) is 0 Å². The fraction of sp³-hybridized carbons (Fsp3) is 0.375. The van der Waals surface area contributed by atoms with Gasteiger partial charge in [0.2, 0.25) is 11.8 Å². The molecule has 0 aromatic heterocycles. The van der Waals surface area contributed by atoms with Crippen LogP contribution < -0.4 is 28.4 Å². The summed E-state index contributed by atoms with van der Waals surface area (Å²) >= 11 is 0. The van der Waals surface area contributed by atoms with Crippen LogP contribution in [0.1, 0.15) is 25.7 Å². The molecule has 0 aliphatic rings. The molecule has 8 N–H and O–H groups in total. The molecule has 1 rings (SSSR count). The quantitative estimate of drug-likeness (QED) is 0.308. The summed E-state index contributed by atoms with van der Waals surface area (Å²) < 4.78 is 10.3. The zero-order valence-corrected chi connectivity index (χ0v) is 14.7. The SMILES string of the molecule is NC(=O)CC[C@H](N)C(=O)OB(OC(=O)[C@@H](N)CCC(N)=O)c1ccccc1. The van der Waals surface area contributed by atoms with Crippen LogP contribution in [0.3, 0.4) is 0 Å². The van der Waals surface area contributed by atoms with Crippen molar-refractivity contribution >= 4 is 36.3 Å². The summed E-state index contributed by atoms with van der Waals surface area (Å²) in [6.45, 7) is 0. The molecule has 11 heteroatoms. The molecule has 0 aliphatic heterocycles. The van der Waals surface area contributed by atoms with Gasteiger partial charge in [0.25, 0.3) is 0 Å². The van der Waals surface area contributed by atoms with E-state index >= 15 is 0 Å². The lowest BCUT2D eigenvalue weighted by Gasteiger charge is -2.19. The van der Waals surface area contributed by atoms with Crippen LogP contribution in [0, 0.1) is 0 Å².